The lowest BCUT2D eigenvalue weighted by molar-refractivity contribution is 0.187. The van der Waals surface area contributed by atoms with Crippen LogP contribution in [0.4, 0.5) is 0 Å². The van der Waals surface area contributed by atoms with Crippen molar-refractivity contribution in [3.63, 3.8) is 0 Å². The van der Waals surface area contributed by atoms with E-state index in [4.69, 9.17) is 4.74 Å². The van der Waals surface area contributed by atoms with E-state index in [-0.39, 0.29) is 12.1 Å². The van der Waals surface area contributed by atoms with Crippen LogP contribution >= 0.6 is 0 Å². The summed E-state index contributed by atoms with van der Waals surface area (Å²) in [5.41, 5.74) is 3.33. The van der Waals surface area contributed by atoms with E-state index < -0.39 is 0 Å². The predicted molar refractivity (Wildman–Crippen MR) is 70.5 cm³/mol. The van der Waals surface area contributed by atoms with Crippen molar-refractivity contribution >= 4 is 0 Å². The number of hydrogen-bond acceptors (Lipinski definition) is 3. The van der Waals surface area contributed by atoms with Gasteiger partial charge in [-0.3, -0.25) is 0 Å². The molecule has 0 aromatic heterocycles. The van der Waals surface area contributed by atoms with E-state index in [9.17, 15) is 5.11 Å². The van der Waals surface area contributed by atoms with Crippen molar-refractivity contribution in [1.29, 1.82) is 0 Å². The molecule has 2 N–H and O–H groups in total. The average molecular weight is 237 g/mol. The maximum atomic E-state index is 9.20. The first-order valence-electron chi connectivity index (χ1n) is 5.89. The van der Waals surface area contributed by atoms with Crippen LogP contribution in [0.25, 0.3) is 0 Å². The molecule has 96 valence electrons. The van der Waals surface area contributed by atoms with Gasteiger partial charge in [-0.2, -0.15) is 0 Å². The zero-order chi connectivity index (χ0) is 13.1. The van der Waals surface area contributed by atoms with E-state index in [1.54, 1.807) is 7.11 Å². The minimum atomic E-state index is -0.274. The molecule has 0 saturated heterocycles. The Hall–Kier alpha value is -1.06. The summed E-state index contributed by atoms with van der Waals surface area (Å²) in [5.74, 6) is 0.898. The standard InChI is InChI=1S/C14H23NO2/c1-10-6-12(8-15-14(3,4)9-16)13(17-5)7-11(10)2/h6-7,15-16H,8-9H2,1-5H3. The minimum Gasteiger partial charge on any atom is -0.496 e. The number of benzene rings is 1. The highest BCUT2D eigenvalue weighted by atomic mass is 16.5. The average Bonchev–Trinajstić information content (AvgIpc) is 2.30. The molecule has 0 heterocycles. The van der Waals surface area contributed by atoms with Gasteiger partial charge in [0.2, 0.25) is 0 Å². The van der Waals surface area contributed by atoms with Gasteiger partial charge in [-0.05, 0) is 44.9 Å². The quantitative estimate of drug-likeness (QED) is 0.824. The topological polar surface area (TPSA) is 41.5 Å². The van der Waals surface area contributed by atoms with Crippen molar-refractivity contribution in [2.45, 2.75) is 39.8 Å². The van der Waals surface area contributed by atoms with Crippen molar-refractivity contribution in [2.24, 2.45) is 0 Å². The van der Waals surface area contributed by atoms with E-state index in [2.05, 4.69) is 31.3 Å². The molecule has 0 radical (unpaired) electrons. The summed E-state index contributed by atoms with van der Waals surface area (Å²) in [4.78, 5) is 0. The molecular weight excluding hydrogens is 214 g/mol. The smallest absolute Gasteiger partial charge is 0.123 e. The van der Waals surface area contributed by atoms with Crippen molar-refractivity contribution in [3.05, 3.63) is 28.8 Å². The molecular formula is C14H23NO2. The Balaban J connectivity index is 2.87. The van der Waals surface area contributed by atoms with E-state index in [0.29, 0.717) is 6.54 Å². The highest BCUT2D eigenvalue weighted by Gasteiger charge is 2.16. The molecule has 1 aromatic rings. The van der Waals surface area contributed by atoms with Crippen LogP contribution in [0.2, 0.25) is 0 Å². The molecule has 0 unspecified atom stereocenters. The maximum absolute atomic E-state index is 9.20. The Labute approximate surface area is 104 Å². The Kier molecular flexibility index (Phi) is 4.54. The molecule has 0 fully saturated rings. The largest absolute Gasteiger partial charge is 0.496 e. The van der Waals surface area contributed by atoms with Crippen LogP contribution in [0.3, 0.4) is 0 Å². The molecule has 0 amide bonds. The van der Waals surface area contributed by atoms with Crippen LogP contribution in [0, 0.1) is 13.8 Å². The van der Waals surface area contributed by atoms with Crippen molar-refractivity contribution in [3.8, 4) is 5.75 Å². The fourth-order valence-electron chi connectivity index (χ4n) is 1.57. The number of ether oxygens (including phenoxy) is 1. The first kappa shape index (κ1) is 14.0. The summed E-state index contributed by atoms with van der Waals surface area (Å²) < 4.78 is 5.38. The van der Waals surface area contributed by atoms with Crippen LogP contribution in [0.15, 0.2) is 12.1 Å². The lowest BCUT2D eigenvalue weighted by atomic mass is 10.0. The molecule has 0 aliphatic heterocycles. The fraction of sp³-hybridized carbons (Fsp3) is 0.571. The number of aliphatic hydroxyl groups is 1. The zero-order valence-corrected chi connectivity index (χ0v) is 11.4. The van der Waals surface area contributed by atoms with Crippen LogP contribution in [0.5, 0.6) is 5.75 Å². The van der Waals surface area contributed by atoms with Gasteiger partial charge in [0.25, 0.3) is 0 Å². The number of aryl methyl sites for hydroxylation is 2. The number of nitrogens with one attached hydrogen (secondary N) is 1. The fourth-order valence-corrected chi connectivity index (χ4v) is 1.57. The normalized spacial score (nSPS) is 11.6. The SMILES string of the molecule is COc1cc(C)c(C)cc1CNC(C)(C)CO. The third-order valence-electron chi connectivity index (χ3n) is 3.05. The van der Waals surface area contributed by atoms with Crippen LogP contribution in [-0.4, -0.2) is 24.4 Å². The van der Waals surface area contributed by atoms with Crippen LogP contribution in [0.1, 0.15) is 30.5 Å². The first-order chi connectivity index (χ1) is 7.89. The second-order valence-corrected chi connectivity index (χ2v) is 5.14. The molecule has 1 aromatic carbocycles. The maximum Gasteiger partial charge on any atom is 0.123 e. The highest BCUT2D eigenvalue weighted by Crippen LogP contribution is 2.23. The second kappa shape index (κ2) is 5.52. The summed E-state index contributed by atoms with van der Waals surface area (Å²) >= 11 is 0. The zero-order valence-electron chi connectivity index (χ0n) is 11.4. The number of aliphatic hydroxyl groups excluding tert-OH is 1. The summed E-state index contributed by atoms with van der Waals surface area (Å²) in [6, 6.07) is 4.19. The van der Waals surface area contributed by atoms with E-state index in [1.165, 1.54) is 11.1 Å². The molecule has 3 heteroatoms. The van der Waals surface area contributed by atoms with Gasteiger partial charge >= 0.3 is 0 Å². The Morgan fingerprint density at radius 1 is 1.24 bits per heavy atom. The minimum absolute atomic E-state index is 0.111. The van der Waals surface area contributed by atoms with Gasteiger partial charge in [0.15, 0.2) is 0 Å². The summed E-state index contributed by atoms with van der Waals surface area (Å²) in [5, 5.41) is 12.5. The molecule has 0 aliphatic carbocycles. The molecule has 0 atom stereocenters. The molecule has 1 rings (SSSR count). The van der Waals surface area contributed by atoms with Gasteiger partial charge < -0.3 is 15.2 Å². The summed E-state index contributed by atoms with van der Waals surface area (Å²) in [7, 11) is 1.69. The van der Waals surface area contributed by atoms with Gasteiger partial charge in [0.1, 0.15) is 5.75 Å². The van der Waals surface area contributed by atoms with Gasteiger partial charge in [0, 0.05) is 17.6 Å². The van der Waals surface area contributed by atoms with E-state index in [1.807, 2.05) is 13.8 Å². The van der Waals surface area contributed by atoms with Crippen molar-refractivity contribution < 1.29 is 9.84 Å². The van der Waals surface area contributed by atoms with Crippen molar-refractivity contribution in [1.82, 2.24) is 5.32 Å². The van der Waals surface area contributed by atoms with E-state index in [0.717, 1.165) is 11.3 Å². The number of hydrogen-bond donors (Lipinski definition) is 2. The third-order valence-corrected chi connectivity index (χ3v) is 3.05. The van der Waals surface area contributed by atoms with Crippen LogP contribution < -0.4 is 10.1 Å². The number of rotatable bonds is 5. The molecule has 0 spiro atoms. The van der Waals surface area contributed by atoms with Gasteiger partial charge in [-0.15, -0.1) is 0 Å². The molecule has 17 heavy (non-hydrogen) atoms. The van der Waals surface area contributed by atoms with Gasteiger partial charge in [0.05, 0.1) is 13.7 Å². The summed E-state index contributed by atoms with van der Waals surface area (Å²) in [6.07, 6.45) is 0. The third kappa shape index (κ3) is 3.72. The van der Waals surface area contributed by atoms with Gasteiger partial charge in [-0.1, -0.05) is 6.07 Å². The summed E-state index contributed by atoms with van der Waals surface area (Å²) in [6.45, 7) is 8.92. The molecule has 0 aliphatic rings. The Morgan fingerprint density at radius 3 is 2.35 bits per heavy atom. The lowest BCUT2D eigenvalue weighted by Gasteiger charge is -2.24. The molecule has 0 bridgehead atoms. The lowest BCUT2D eigenvalue weighted by Crippen LogP contribution is -2.42. The first-order valence-corrected chi connectivity index (χ1v) is 5.89. The highest BCUT2D eigenvalue weighted by molar-refractivity contribution is 5.41. The monoisotopic (exact) mass is 237 g/mol. The van der Waals surface area contributed by atoms with Crippen LogP contribution in [-0.2, 0) is 6.54 Å². The Bertz CT molecular complexity index is 386. The molecule has 0 saturated carbocycles. The molecule has 3 nitrogen and oxygen atoms in total. The van der Waals surface area contributed by atoms with Crippen molar-refractivity contribution in [2.75, 3.05) is 13.7 Å². The Morgan fingerprint density at radius 2 is 1.82 bits per heavy atom. The number of methoxy groups -OCH3 is 1. The van der Waals surface area contributed by atoms with Gasteiger partial charge in [-0.25, -0.2) is 0 Å². The predicted octanol–water partition coefficient (Wildman–Crippen LogP) is 2.17. The van der Waals surface area contributed by atoms with E-state index >= 15 is 0 Å². The second-order valence-electron chi connectivity index (χ2n) is 5.14.